The van der Waals surface area contributed by atoms with Crippen LogP contribution >= 0.6 is 0 Å². The zero-order chi connectivity index (χ0) is 21.7. The molecule has 0 spiro atoms. The summed E-state index contributed by atoms with van der Waals surface area (Å²) in [5.74, 6) is 0.323. The number of hydrazine groups is 1. The highest BCUT2D eigenvalue weighted by Gasteiger charge is 2.19. The quantitative estimate of drug-likeness (QED) is 0.433. The van der Waals surface area contributed by atoms with Crippen LogP contribution < -0.4 is 16.2 Å². The maximum absolute atomic E-state index is 12.5. The predicted molar refractivity (Wildman–Crippen MR) is 120 cm³/mol. The van der Waals surface area contributed by atoms with Crippen molar-refractivity contribution in [3.8, 4) is 0 Å². The zero-order valence-corrected chi connectivity index (χ0v) is 18.0. The van der Waals surface area contributed by atoms with Gasteiger partial charge in [-0.1, -0.05) is 70.2 Å². The maximum atomic E-state index is 12.5. The fourth-order valence-corrected chi connectivity index (χ4v) is 3.52. The van der Waals surface area contributed by atoms with Crippen LogP contribution in [0.3, 0.4) is 0 Å². The molecular formula is C24H30N4O2. The van der Waals surface area contributed by atoms with Gasteiger partial charge >= 0.3 is 6.03 Å². The van der Waals surface area contributed by atoms with E-state index in [2.05, 4.69) is 73.1 Å². The van der Waals surface area contributed by atoms with Gasteiger partial charge in [-0.25, -0.2) is 10.2 Å². The van der Waals surface area contributed by atoms with Crippen LogP contribution in [0.1, 0.15) is 67.6 Å². The normalized spacial score (nSPS) is 13.1. The second-order valence-electron chi connectivity index (χ2n) is 8.00. The molecule has 6 nitrogen and oxygen atoms in total. The second-order valence-corrected chi connectivity index (χ2v) is 8.00. The van der Waals surface area contributed by atoms with Gasteiger partial charge in [0.15, 0.2) is 0 Å². The molecule has 2 aromatic carbocycles. The Balaban J connectivity index is 1.62. The molecule has 0 saturated heterocycles. The Bertz CT molecular complexity index is 1010. The average Bonchev–Trinajstić information content (AvgIpc) is 3.19. The van der Waals surface area contributed by atoms with E-state index < -0.39 is 6.03 Å². The van der Waals surface area contributed by atoms with E-state index in [1.807, 2.05) is 24.3 Å². The molecule has 0 radical (unpaired) electrons. The summed E-state index contributed by atoms with van der Waals surface area (Å²) in [5, 5.41) is 3.76. The minimum absolute atomic E-state index is 0.166. The summed E-state index contributed by atoms with van der Waals surface area (Å²) in [6, 6.07) is 15.3. The number of aromatic nitrogens is 1. The van der Waals surface area contributed by atoms with Crippen molar-refractivity contribution in [2.24, 2.45) is 5.92 Å². The molecule has 3 rings (SSSR count). The second kappa shape index (κ2) is 9.48. The summed E-state index contributed by atoms with van der Waals surface area (Å²) in [6.45, 7) is 8.49. The lowest BCUT2D eigenvalue weighted by molar-refractivity contribution is 0.0937. The van der Waals surface area contributed by atoms with E-state index in [9.17, 15) is 9.59 Å². The molecule has 0 saturated carbocycles. The number of aromatic amines is 1. The Morgan fingerprint density at radius 1 is 0.933 bits per heavy atom. The molecule has 30 heavy (non-hydrogen) atoms. The van der Waals surface area contributed by atoms with E-state index in [1.165, 1.54) is 5.56 Å². The summed E-state index contributed by atoms with van der Waals surface area (Å²) < 4.78 is 0. The molecule has 158 valence electrons. The van der Waals surface area contributed by atoms with Crippen LogP contribution in [0.2, 0.25) is 0 Å². The Hall–Kier alpha value is -3.28. The molecule has 2 atom stereocenters. The largest absolute Gasteiger partial charge is 0.360 e. The molecule has 1 heterocycles. The van der Waals surface area contributed by atoms with Crippen LogP contribution in [-0.4, -0.2) is 16.9 Å². The number of carbonyl (C=O) groups is 2. The van der Waals surface area contributed by atoms with Crippen molar-refractivity contribution in [3.05, 3.63) is 71.4 Å². The number of para-hydroxylation sites is 1. The molecule has 0 aliphatic heterocycles. The lowest BCUT2D eigenvalue weighted by atomic mass is 9.92. The summed E-state index contributed by atoms with van der Waals surface area (Å²) in [6.07, 6.45) is 2.72. The Labute approximate surface area is 177 Å². The summed E-state index contributed by atoms with van der Waals surface area (Å²) in [4.78, 5) is 28.0. The number of H-pyrrole nitrogens is 1. The van der Waals surface area contributed by atoms with Crippen molar-refractivity contribution < 1.29 is 9.59 Å². The monoisotopic (exact) mass is 406 g/mol. The fraction of sp³-hybridized carbons (Fsp3) is 0.333. The highest BCUT2D eigenvalue weighted by molar-refractivity contribution is 6.07. The van der Waals surface area contributed by atoms with Gasteiger partial charge in [0.05, 0.1) is 11.6 Å². The molecule has 6 heteroatoms. The number of carbonyl (C=O) groups excluding carboxylic acids is 2. The molecule has 3 amide bonds. The number of benzene rings is 2. The van der Waals surface area contributed by atoms with Gasteiger partial charge in [0, 0.05) is 17.1 Å². The molecule has 2 unspecified atom stereocenters. The van der Waals surface area contributed by atoms with Gasteiger partial charge < -0.3 is 10.3 Å². The van der Waals surface area contributed by atoms with Gasteiger partial charge in [-0.15, -0.1) is 0 Å². The van der Waals surface area contributed by atoms with E-state index in [0.717, 1.165) is 22.9 Å². The van der Waals surface area contributed by atoms with E-state index >= 15 is 0 Å². The number of nitrogens with one attached hydrogen (secondary N) is 4. The van der Waals surface area contributed by atoms with Gasteiger partial charge in [0.2, 0.25) is 0 Å². The minimum Gasteiger partial charge on any atom is -0.360 e. The third kappa shape index (κ3) is 4.82. The van der Waals surface area contributed by atoms with Crippen LogP contribution in [0.5, 0.6) is 0 Å². The van der Waals surface area contributed by atoms with E-state index in [4.69, 9.17) is 0 Å². The number of amides is 3. The predicted octanol–water partition coefficient (Wildman–Crippen LogP) is 5.02. The molecule has 3 aromatic rings. The first kappa shape index (κ1) is 21.4. The molecule has 0 aliphatic carbocycles. The van der Waals surface area contributed by atoms with Gasteiger partial charge in [-0.05, 0) is 35.4 Å². The van der Waals surface area contributed by atoms with Crippen molar-refractivity contribution in [3.63, 3.8) is 0 Å². The lowest BCUT2D eigenvalue weighted by Crippen LogP contribution is -2.48. The highest BCUT2D eigenvalue weighted by atomic mass is 16.2. The first-order chi connectivity index (χ1) is 14.4. The first-order valence-electron chi connectivity index (χ1n) is 10.4. The topological polar surface area (TPSA) is 86.0 Å². The Morgan fingerprint density at radius 3 is 2.27 bits per heavy atom. The Kier molecular flexibility index (Phi) is 6.77. The zero-order valence-electron chi connectivity index (χ0n) is 18.0. The lowest BCUT2D eigenvalue weighted by Gasteiger charge is -2.24. The molecule has 0 bridgehead atoms. The van der Waals surface area contributed by atoms with Crippen LogP contribution in [0.15, 0.2) is 54.7 Å². The van der Waals surface area contributed by atoms with Crippen molar-refractivity contribution in [2.45, 2.75) is 46.1 Å². The third-order valence-corrected chi connectivity index (χ3v) is 5.55. The van der Waals surface area contributed by atoms with Crippen molar-refractivity contribution in [1.82, 2.24) is 21.2 Å². The SMILES string of the molecule is CCC(C)c1ccc(C(NC(=O)NNC(=O)c2c[nH]c3ccccc23)C(C)C)cc1. The van der Waals surface area contributed by atoms with Crippen molar-refractivity contribution in [1.29, 1.82) is 0 Å². The summed E-state index contributed by atoms with van der Waals surface area (Å²) in [5.41, 5.74) is 8.62. The van der Waals surface area contributed by atoms with E-state index in [0.29, 0.717) is 11.5 Å². The van der Waals surface area contributed by atoms with Crippen molar-refractivity contribution >= 4 is 22.8 Å². The van der Waals surface area contributed by atoms with Crippen LogP contribution in [0.4, 0.5) is 4.79 Å². The van der Waals surface area contributed by atoms with Gasteiger partial charge in [0.1, 0.15) is 0 Å². The average molecular weight is 407 g/mol. The molecule has 1 aromatic heterocycles. The number of urea groups is 1. The van der Waals surface area contributed by atoms with E-state index in [-0.39, 0.29) is 17.9 Å². The fourth-order valence-electron chi connectivity index (χ4n) is 3.52. The highest BCUT2D eigenvalue weighted by Crippen LogP contribution is 2.25. The van der Waals surface area contributed by atoms with Crippen molar-refractivity contribution in [2.75, 3.05) is 0 Å². The third-order valence-electron chi connectivity index (χ3n) is 5.55. The standard InChI is InChI=1S/C24H30N4O2/c1-5-16(4)17-10-12-18(13-11-17)22(15(2)3)26-24(30)28-27-23(29)20-14-25-21-9-7-6-8-19(20)21/h6-16,22,25H,5H2,1-4H3,(H,27,29)(H2,26,28,30). The van der Waals surface area contributed by atoms with Gasteiger partial charge in [-0.2, -0.15) is 0 Å². The first-order valence-corrected chi connectivity index (χ1v) is 10.4. The minimum atomic E-state index is -0.451. The molecule has 0 aliphatic rings. The molecule has 0 fully saturated rings. The van der Waals surface area contributed by atoms with Crippen LogP contribution in [0, 0.1) is 5.92 Å². The molecular weight excluding hydrogens is 376 g/mol. The van der Waals surface area contributed by atoms with Gasteiger partial charge in [-0.3, -0.25) is 10.2 Å². The molecule has 4 N–H and O–H groups in total. The number of fused-ring (bicyclic) bond motifs is 1. The van der Waals surface area contributed by atoms with Crippen LogP contribution in [-0.2, 0) is 0 Å². The maximum Gasteiger partial charge on any atom is 0.333 e. The summed E-state index contributed by atoms with van der Waals surface area (Å²) in [7, 11) is 0. The smallest absolute Gasteiger partial charge is 0.333 e. The number of hydrogen-bond donors (Lipinski definition) is 4. The van der Waals surface area contributed by atoms with Gasteiger partial charge in [0.25, 0.3) is 5.91 Å². The van der Waals surface area contributed by atoms with E-state index in [1.54, 1.807) is 6.20 Å². The number of hydrogen-bond acceptors (Lipinski definition) is 2. The Morgan fingerprint density at radius 2 is 1.60 bits per heavy atom. The number of rotatable bonds is 6. The summed E-state index contributed by atoms with van der Waals surface area (Å²) >= 11 is 0. The van der Waals surface area contributed by atoms with Crippen LogP contribution in [0.25, 0.3) is 10.9 Å².